The SMILES string of the molecule is CCOC(=O)[C@H]1NC[C@H]2[C@@H]1CCC2(C)C. The van der Waals surface area contributed by atoms with Gasteiger partial charge in [0.15, 0.2) is 0 Å². The van der Waals surface area contributed by atoms with Gasteiger partial charge in [0.25, 0.3) is 0 Å². The predicted molar refractivity (Wildman–Crippen MR) is 58.4 cm³/mol. The fourth-order valence-corrected chi connectivity index (χ4v) is 3.23. The van der Waals surface area contributed by atoms with Gasteiger partial charge in [0.2, 0.25) is 0 Å². The van der Waals surface area contributed by atoms with E-state index >= 15 is 0 Å². The van der Waals surface area contributed by atoms with E-state index < -0.39 is 0 Å². The molecule has 0 aromatic carbocycles. The number of rotatable bonds is 2. The van der Waals surface area contributed by atoms with Crippen molar-refractivity contribution in [2.24, 2.45) is 17.3 Å². The number of esters is 1. The molecule has 2 rings (SSSR count). The van der Waals surface area contributed by atoms with Gasteiger partial charge in [0.1, 0.15) is 6.04 Å². The average molecular weight is 211 g/mol. The van der Waals surface area contributed by atoms with Crippen molar-refractivity contribution in [2.75, 3.05) is 13.2 Å². The van der Waals surface area contributed by atoms with Gasteiger partial charge in [0.05, 0.1) is 6.61 Å². The smallest absolute Gasteiger partial charge is 0.323 e. The summed E-state index contributed by atoms with van der Waals surface area (Å²) in [6.45, 7) is 7.95. The van der Waals surface area contributed by atoms with Gasteiger partial charge in [-0.1, -0.05) is 13.8 Å². The molecule has 3 atom stereocenters. The minimum atomic E-state index is -0.0531. The van der Waals surface area contributed by atoms with Gasteiger partial charge >= 0.3 is 5.97 Å². The lowest BCUT2D eigenvalue weighted by atomic mass is 9.79. The Morgan fingerprint density at radius 3 is 2.93 bits per heavy atom. The molecule has 0 unspecified atom stereocenters. The molecule has 0 radical (unpaired) electrons. The third-order valence-electron chi connectivity index (χ3n) is 4.17. The van der Waals surface area contributed by atoms with Crippen LogP contribution in [0.4, 0.5) is 0 Å². The highest BCUT2D eigenvalue weighted by molar-refractivity contribution is 5.76. The standard InChI is InChI=1S/C12H21NO2/c1-4-15-11(14)10-8-5-6-12(2,3)9(8)7-13-10/h8-10,13H,4-7H2,1-3H3/t8-,9-,10-/m0/s1. The van der Waals surface area contributed by atoms with Crippen molar-refractivity contribution in [3.8, 4) is 0 Å². The Hall–Kier alpha value is -0.570. The molecule has 0 bridgehead atoms. The molecule has 3 nitrogen and oxygen atoms in total. The first-order valence-electron chi connectivity index (χ1n) is 5.96. The van der Waals surface area contributed by atoms with Crippen LogP contribution in [0.25, 0.3) is 0 Å². The second-order valence-electron chi connectivity index (χ2n) is 5.44. The molecular formula is C12H21NO2. The van der Waals surface area contributed by atoms with Crippen molar-refractivity contribution in [1.82, 2.24) is 5.32 Å². The fourth-order valence-electron chi connectivity index (χ4n) is 3.23. The highest BCUT2D eigenvalue weighted by Gasteiger charge is 2.51. The van der Waals surface area contributed by atoms with Crippen LogP contribution >= 0.6 is 0 Å². The van der Waals surface area contributed by atoms with Crippen LogP contribution in [0.15, 0.2) is 0 Å². The molecule has 0 spiro atoms. The Morgan fingerprint density at radius 2 is 2.27 bits per heavy atom. The van der Waals surface area contributed by atoms with E-state index in [9.17, 15) is 4.79 Å². The van der Waals surface area contributed by atoms with E-state index in [0.29, 0.717) is 23.9 Å². The Morgan fingerprint density at radius 1 is 1.53 bits per heavy atom. The number of fused-ring (bicyclic) bond motifs is 1. The Labute approximate surface area is 91.6 Å². The van der Waals surface area contributed by atoms with Gasteiger partial charge in [-0.25, -0.2) is 0 Å². The Kier molecular flexibility index (Phi) is 2.75. The maximum atomic E-state index is 11.7. The molecule has 2 fully saturated rings. The summed E-state index contributed by atoms with van der Waals surface area (Å²) in [5, 5.41) is 3.32. The molecule has 2 aliphatic rings. The number of hydrogen-bond acceptors (Lipinski definition) is 3. The molecule has 0 aromatic rings. The van der Waals surface area contributed by atoms with Gasteiger partial charge < -0.3 is 10.1 Å². The topological polar surface area (TPSA) is 38.3 Å². The first-order valence-corrected chi connectivity index (χ1v) is 5.96. The van der Waals surface area contributed by atoms with Crippen LogP contribution in [0, 0.1) is 17.3 Å². The minimum absolute atomic E-state index is 0.0447. The van der Waals surface area contributed by atoms with Crippen LogP contribution < -0.4 is 5.32 Å². The first kappa shape index (κ1) is 10.9. The highest BCUT2D eigenvalue weighted by atomic mass is 16.5. The predicted octanol–water partition coefficient (Wildman–Crippen LogP) is 1.57. The molecule has 0 amide bonds. The molecule has 1 saturated carbocycles. The van der Waals surface area contributed by atoms with Crippen molar-refractivity contribution in [1.29, 1.82) is 0 Å². The van der Waals surface area contributed by atoms with Crippen LogP contribution in [0.5, 0.6) is 0 Å². The van der Waals surface area contributed by atoms with Crippen molar-refractivity contribution >= 4 is 5.97 Å². The molecule has 1 saturated heterocycles. The van der Waals surface area contributed by atoms with Crippen molar-refractivity contribution in [3.63, 3.8) is 0 Å². The molecule has 86 valence electrons. The fraction of sp³-hybridized carbons (Fsp3) is 0.917. The van der Waals surface area contributed by atoms with E-state index in [4.69, 9.17) is 4.74 Å². The van der Waals surface area contributed by atoms with Crippen molar-refractivity contribution in [2.45, 2.75) is 39.7 Å². The first-order chi connectivity index (χ1) is 7.06. The summed E-state index contributed by atoms with van der Waals surface area (Å²) >= 11 is 0. The Bertz CT molecular complexity index is 262. The van der Waals surface area contributed by atoms with E-state index in [-0.39, 0.29) is 12.0 Å². The molecule has 3 heteroatoms. The quantitative estimate of drug-likeness (QED) is 0.705. The molecule has 1 heterocycles. The second-order valence-corrected chi connectivity index (χ2v) is 5.44. The molecular weight excluding hydrogens is 190 g/mol. The largest absolute Gasteiger partial charge is 0.465 e. The van der Waals surface area contributed by atoms with Gasteiger partial charge in [-0.2, -0.15) is 0 Å². The van der Waals surface area contributed by atoms with Crippen LogP contribution in [-0.4, -0.2) is 25.2 Å². The zero-order valence-corrected chi connectivity index (χ0v) is 9.88. The number of ether oxygens (including phenoxy) is 1. The summed E-state index contributed by atoms with van der Waals surface area (Å²) in [6, 6.07) is -0.0447. The van der Waals surface area contributed by atoms with E-state index in [2.05, 4.69) is 19.2 Å². The average Bonchev–Trinajstić information content (AvgIpc) is 2.69. The van der Waals surface area contributed by atoms with Crippen LogP contribution in [0.2, 0.25) is 0 Å². The van der Waals surface area contributed by atoms with Gasteiger partial charge in [-0.3, -0.25) is 4.79 Å². The monoisotopic (exact) mass is 211 g/mol. The lowest BCUT2D eigenvalue weighted by Gasteiger charge is -2.25. The highest BCUT2D eigenvalue weighted by Crippen LogP contribution is 2.50. The summed E-state index contributed by atoms with van der Waals surface area (Å²) in [6.07, 6.45) is 2.40. The summed E-state index contributed by atoms with van der Waals surface area (Å²) in [7, 11) is 0. The molecule has 1 N–H and O–H groups in total. The number of carbonyl (C=O) groups excluding carboxylic acids is 1. The van der Waals surface area contributed by atoms with Crippen LogP contribution in [0.3, 0.4) is 0 Å². The van der Waals surface area contributed by atoms with E-state index in [1.165, 1.54) is 6.42 Å². The molecule has 1 aliphatic carbocycles. The summed E-state index contributed by atoms with van der Waals surface area (Å²) in [4.78, 5) is 11.7. The maximum Gasteiger partial charge on any atom is 0.323 e. The second kappa shape index (κ2) is 3.78. The third-order valence-corrected chi connectivity index (χ3v) is 4.17. The van der Waals surface area contributed by atoms with E-state index in [0.717, 1.165) is 13.0 Å². The minimum Gasteiger partial charge on any atom is -0.465 e. The van der Waals surface area contributed by atoms with Gasteiger partial charge in [-0.05, 0) is 43.6 Å². The summed E-state index contributed by atoms with van der Waals surface area (Å²) in [5.41, 5.74) is 0.388. The van der Waals surface area contributed by atoms with E-state index in [1.807, 2.05) is 6.92 Å². The van der Waals surface area contributed by atoms with Gasteiger partial charge in [0, 0.05) is 0 Å². The molecule has 0 aromatic heterocycles. The summed E-state index contributed by atoms with van der Waals surface area (Å²) in [5.74, 6) is 1.09. The van der Waals surface area contributed by atoms with Crippen LogP contribution in [-0.2, 0) is 9.53 Å². The maximum absolute atomic E-state index is 11.7. The number of nitrogens with one attached hydrogen (secondary N) is 1. The van der Waals surface area contributed by atoms with Gasteiger partial charge in [-0.15, -0.1) is 0 Å². The van der Waals surface area contributed by atoms with Crippen LogP contribution in [0.1, 0.15) is 33.6 Å². The zero-order chi connectivity index (χ0) is 11.1. The van der Waals surface area contributed by atoms with Crippen molar-refractivity contribution in [3.05, 3.63) is 0 Å². The Balaban J connectivity index is 2.05. The van der Waals surface area contributed by atoms with Crippen molar-refractivity contribution < 1.29 is 9.53 Å². The molecule has 15 heavy (non-hydrogen) atoms. The lowest BCUT2D eigenvalue weighted by Crippen LogP contribution is -2.37. The van der Waals surface area contributed by atoms with E-state index in [1.54, 1.807) is 0 Å². The number of hydrogen-bond donors (Lipinski definition) is 1. The molecule has 1 aliphatic heterocycles. The lowest BCUT2D eigenvalue weighted by molar-refractivity contribution is -0.146. The third kappa shape index (κ3) is 1.78. The zero-order valence-electron chi connectivity index (χ0n) is 9.88. The summed E-state index contributed by atoms with van der Waals surface area (Å²) < 4.78 is 5.10. The normalized spacial score (nSPS) is 37.7. The number of carbonyl (C=O) groups is 1.